The van der Waals surface area contributed by atoms with E-state index in [1.807, 2.05) is 20.8 Å². The summed E-state index contributed by atoms with van der Waals surface area (Å²) in [4.78, 5) is 14.0. The molecule has 0 amide bonds. The van der Waals surface area contributed by atoms with Gasteiger partial charge in [0.25, 0.3) is 0 Å². The number of aliphatic hydroxyl groups is 5. The Hall–Kier alpha value is -0.970. The molecule has 0 spiro atoms. The summed E-state index contributed by atoms with van der Waals surface area (Å²) < 4.78 is 37.1. The van der Waals surface area contributed by atoms with Crippen molar-refractivity contribution in [3.05, 3.63) is 0 Å². The summed E-state index contributed by atoms with van der Waals surface area (Å²) in [7, 11) is 1.63. The number of aliphatic hydroxyl groups excluding tert-OH is 3. The van der Waals surface area contributed by atoms with Crippen molar-refractivity contribution in [1.29, 1.82) is 0 Å². The Labute approximate surface area is 286 Å². The van der Waals surface area contributed by atoms with Crippen LogP contribution >= 0.6 is 0 Å². The van der Waals surface area contributed by atoms with Gasteiger partial charge in [0.2, 0.25) is 0 Å². The molecule has 13 heteroatoms. The van der Waals surface area contributed by atoms with Crippen LogP contribution in [0.1, 0.15) is 101 Å². The molecule has 0 aromatic carbocycles. The molecule has 3 aliphatic heterocycles. The Morgan fingerprint density at radius 1 is 0.875 bits per heavy atom. The predicted octanol–water partition coefficient (Wildman–Crippen LogP) is 2.00. The fourth-order valence-corrected chi connectivity index (χ4v) is 8.19. The molecular weight excluding hydrogens is 626 g/mol. The predicted molar refractivity (Wildman–Crippen MR) is 176 cm³/mol. The number of carbonyl (C=O) groups is 1. The number of esters is 1. The highest BCUT2D eigenvalue weighted by atomic mass is 16.7. The van der Waals surface area contributed by atoms with E-state index in [0.717, 1.165) is 0 Å². The van der Waals surface area contributed by atoms with Crippen molar-refractivity contribution in [2.24, 2.45) is 29.4 Å². The van der Waals surface area contributed by atoms with Crippen molar-refractivity contribution in [3.8, 4) is 0 Å². The van der Waals surface area contributed by atoms with Gasteiger partial charge in [-0.2, -0.15) is 0 Å². The third-order valence-electron chi connectivity index (χ3n) is 11.2. The van der Waals surface area contributed by atoms with Gasteiger partial charge in [-0.25, -0.2) is 0 Å². The van der Waals surface area contributed by atoms with Crippen LogP contribution in [0.5, 0.6) is 0 Å². The van der Waals surface area contributed by atoms with Gasteiger partial charge in [-0.05, 0) is 66.7 Å². The molecule has 0 aromatic heterocycles. The minimum atomic E-state index is -1.91. The SMILES string of the molecule is CC[C@H]1OC(=O)[C@H](C)[C@@H](O[C@H]2C[C@@](C)(OC)C[C@H](C)O2)[C@H](C)[C@@H](O[C@@H]2O[C@H](C)C[C@H](N)[C@H]2O)[C@](C)(O)C[C@@H](C)[C@H](O)[C@H](C)[C@@H](O)[C@]1(C)O. The average molecular weight is 692 g/mol. The van der Waals surface area contributed by atoms with Gasteiger partial charge in [0.15, 0.2) is 12.6 Å². The normalized spacial score (nSPS) is 51.9. The first kappa shape index (κ1) is 41.5. The molecule has 3 heterocycles. The Bertz CT molecular complexity index is 1050. The van der Waals surface area contributed by atoms with Crippen LogP contribution in [0.3, 0.4) is 0 Å². The quantitative estimate of drug-likeness (QED) is 0.221. The van der Waals surface area contributed by atoms with E-state index in [9.17, 15) is 30.3 Å². The standard InChI is InChI=1S/C35H65NO12/c1-12-24-35(10,42)29(39)20(5)26(37)17(2)14-34(9,41)30(48-32-27(38)23(36)13-18(3)45-32)21(6)28(22(7)31(40)46-24)47-25-16-33(8,43-11)15-19(4)44-25/h17-30,32,37-39,41-42H,12-16,36H2,1-11H3/t17-,18-,19+,20+,21+,22-,23+,24-,25+,26+,27-,28+,29-,30-,32+,33+,34-,35-/m1/s1. The number of hydrogen-bond acceptors (Lipinski definition) is 13. The summed E-state index contributed by atoms with van der Waals surface area (Å²) in [6.45, 7) is 17.2. The van der Waals surface area contributed by atoms with Gasteiger partial charge in [0, 0.05) is 37.8 Å². The van der Waals surface area contributed by atoms with E-state index < -0.39 is 102 Å². The van der Waals surface area contributed by atoms with E-state index in [4.69, 9.17) is 34.2 Å². The lowest BCUT2D eigenvalue weighted by Gasteiger charge is -2.48. The van der Waals surface area contributed by atoms with E-state index in [1.54, 1.807) is 48.7 Å². The summed E-state index contributed by atoms with van der Waals surface area (Å²) in [5, 5.41) is 57.6. The summed E-state index contributed by atoms with van der Waals surface area (Å²) in [5.74, 6) is -3.93. The summed E-state index contributed by atoms with van der Waals surface area (Å²) in [6.07, 6.45) is -8.09. The molecule has 13 nitrogen and oxygen atoms in total. The highest BCUT2D eigenvalue weighted by Crippen LogP contribution is 2.41. The summed E-state index contributed by atoms with van der Waals surface area (Å²) in [6, 6.07) is -0.635. The maximum Gasteiger partial charge on any atom is 0.311 e. The van der Waals surface area contributed by atoms with E-state index in [0.29, 0.717) is 19.3 Å². The van der Waals surface area contributed by atoms with E-state index >= 15 is 0 Å². The molecule has 0 bridgehead atoms. The molecule has 7 N–H and O–H groups in total. The lowest BCUT2D eigenvalue weighted by atomic mass is 9.73. The van der Waals surface area contributed by atoms with Crippen molar-refractivity contribution >= 4 is 5.97 Å². The van der Waals surface area contributed by atoms with Crippen LogP contribution in [0.4, 0.5) is 0 Å². The molecule has 48 heavy (non-hydrogen) atoms. The van der Waals surface area contributed by atoms with Crippen molar-refractivity contribution in [2.75, 3.05) is 7.11 Å². The van der Waals surface area contributed by atoms with Gasteiger partial charge >= 0.3 is 5.97 Å². The number of nitrogens with two attached hydrogens (primary N) is 1. The van der Waals surface area contributed by atoms with Gasteiger partial charge in [0.1, 0.15) is 17.8 Å². The van der Waals surface area contributed by atoms with Gasteiger partial charge in [0.05, 0.1) is 53.7 Å². The van der Waals surface area contributed by atoms with Crippen LogP contribution < -0.4 is 5.73 Å². The fraction of sp³-hybridized carbons (Fsp3) is 0.971. The second-order valence-corrected chi connectivity index (χ2v) is 15.8. The minimum Gasteiger partial charge on any atom is -0.459 e. The molecule has 3 aliphatic rings. The van der Waals surface area contributed by atoms with Crippen LogP contribution in [-0.4, -0.2) is 123 Å². The number of carbonyl (C=O) groups excluding carboxylic acids is 1. The van der Waals surface area contributed by atoms with E-state index in [-0.39, 0.29) is 25.0 Å². The number of cyclic esters (lactones) is 1. The van der Waals surface area contributed by atoms with Gasteiger partial charge in [-0.3, -0.25) is 4.79 Å². The molecular formula is C35H65NO12. The number of ether oxygens (including phenoxy) is 6. The van der Waals surface area contributed by atoms with E-state index in [2.05, 4.69) is 0 Å². The van der Waals surface area contributed by atoms with E-state index in [1.165, 1.54) is 6.92 Å². The molecule has 0 aromatic rings. The topological polar surface area (TPSA) is 200 Å². The molecule has 0 radical (unpaired) electrons. The summed E-state index contributed by atoms with van der Waals surface area (Å²) >= 11 is 0. The molecule has 3 rings (SSSR count). The first-order valence-corrected chi connectivity index (χ1v) is 17.7. The van der Waals surface area contributed by atoms with Gasteiger partial charge in [-0.15, -0.1) is 0 Å². The second kappa shape index (κ2) is 16.1. The van der Waals surface area contributed by atoms with Crippen LogP contribution in [0.15, 0.2) is 0 Å². The Morgan fingerprint density at radius 3 is 2.08 bits per heavy atom. The van der Waals surface area contributed by atoms with Crippen LogP contribution in [-0.2, 0) is 33.2 Å². The third kappa shape index (κ3) is 9.27. The monoisotopic (exact) mass is 691 g/mol. The first-order chi connectivity index (χ1) is 22.1. The van der Waals surface area contributed by atoms with Crippen LogP contribution in [0.2, 0.25) is 0 Å². The third-order valence-corrected chi connectivity index (χ3v) is 11.2. The van der Waals surface area contributed by atoms with Crippen molar-refractivity contribution in [3.63, 3.8) is 0 Å². The average Bonchev–Trinajstić information content (AvgIpc) is 3.00. The fourth-order valence-electron chi connectivity index (χ4n) is 8.19. The van der Waals surface area contributed by atoms with Crippen LogP contribution in [0.25, 0.3) is 0 Å². The Kier molecular flexibility index (Phi) is 13.9. The molecule has 18 atom stereocenters. The molecule has 3 fully saturated rings. The Balaban J connectivity index is 2.15. The maximum atomic E-state index is 14.0. The van der Waals surface area contributed by atoms with Gasteiger partial charge < -0.3 is 59.7 Å². The van der Waals surface area contributed by atoms with Crippen molar-refractivity contribution in [1.82, 2.24) is 0 Å². The van der Waals surface area contributed by atoms with Crippen molar-refractivity contribution in [2.45, 2.75) is 186 Å². The number of rotatable bonds is 6. The molecule has 282 valence electrons. The Morgan fingerprint density at radius 2 is 1.50 bits per heavy atom. The zero-order valence-corrected chi connectivity index (χ0v) is 30.9. The highest BCUT2D eigenvalue weighted by Gasteiger charge is 2.52. The molecule has 0 unspecified atom stereocenters. The van der Waals surface area contributed by atoms with Crippen molar-refractivity contribution < 1.29 is 58.7 Å². The largest absolute Gasteiger partial charge is 0.459 e. The maximum absolute atomic E-state index is 14.0. The zero-order valence-electron chi connectivity index (χ0n) is 30.9. The lowest BCUT2D eigenvalue weighted by Crippen LogP contribution is -2.60. The summed E-state index contributed by atoms with van der Waals surface area (Å²) in [5.41, 5.74) is 2.06. The number of hydrogen-bond donors (Lipinski definition) is 6. The molecule has 0 saturated carbocycles. The number of methoxy groups -OCH3 is 1. The smallest absolute Gasteiger partial charge is 0.311 e. The molecule has 0 aliphatic carbocycles. The van der Waals surface area contributed by atoms with Crippen LogP contribution in [0, 0.1) is 23.7 Å². The highest BCUT2D eigenvalue weighted by molar-refractivity contribution is 5.73. The second-order valence-electron chi connectivity index (χ2n) is 15.8. The zero-order chi connectivity index (χ0) is 36.5. The van der Waals surface area contributed by atoms with Gasteiger partial charge in [-0.1, -0.05) is 27.7 Å². The minimum absolute atomic E-state index is 0.0196. The lowest BCUT2D eigenvalue weighted by molar-refractivity contribution is -0.306. The first-order valence-electron chi connectivity index (χ1n) is 17.7. The molecule has 3 saturated heterocycles.